The van der Waals surface area contributed by atoms with E-state index < -0.39 is 0 Å². The average molecular weight is 288 g/mol. The number of hydrogen-bond donors (Lipinski definition) is 2. The van der Waals surface area contributed by atoms with Crippen LogP contribution in [0, 0.1) is 5.92 Å². The first-order chi connectivity index (χ1) is 10.3. The molecule has 4 nitrogen and oxygen atoms in total. The molecule has 1 aliphatic heterocycles. The van der Waals surface area contributed by atoms with Crippen LogP contribution >= 0.6 is 0 Å². The SMILES string of the molecule is CN(C)c1ncccc1NC1CCCCC1C1CCCN1. The van der Waals surface area contributed by atoms with Crippen molar-refractivity contribution in [3.8, 4) is 0 Å². The Balaban J connectivity index is 1.75. The third-order valence-electron chi connectivity index (χ3n) is 4.99. The predicted molar refractivity (Wildman–Crippen MR) is 89.0 cm³/mol. The fraction of sp³-hybridized carbons (Fsp3) is 0.706. The van der Waals surface area contributed by atoms with Crippen LogP contribution in [0.5, 0.6) is 0 Å². The molecule has 1 aromatic rings. The lowest BCUT2D eigenvalue weighted by atomic mass is 9.79. The van der Waals surface area contributed by atoms with E-state index in [0.29, 0.717) is 12.1 Å². The van der Waals surface area contributed by atoms with Crippen LogP contribution in [0.1, 0.15) is 38.5 Å². The molecule has 2 aliphatic rings. The van der Waals surface area contributed by atoms with Gasteiger partial charge < -0.3 is 15.5 Å². The summed E-state index contributed by atoms with van der Waals surface area (Å²) in [5, 5.41) is 7.53. The molecule has 1 aromatic heterocycles. The fourth-order valence-corrected chi connectivity index (χ4v) is 3.96. The summed E-state index contributed by atoms with van der Waals surface area (Å²) in [6.07, 6.45) is 9.92. The Morgan fingerprint density at radius 3 is 2.81 bits per heavy atom. The van der Waals surface area contributed by atoms with Gasteiger partial charge in [0.2, 0.25) is 0 Å². The second-order valence-corrected chi connectivity index (χ2v) is 6.67. The molecule has 0 amide bonds. The van der Waals surface area contributed by atoms with E-state index in [2.05, 4.69) is 40.7 Å². The summed E-state index contributed by atoms with van der Waals surface area (Å²) < 4.78 is 0. The zero-order valence-corrected chi connectivity index (χ0v) is 13.3. The van der Waals surface area contributed by atoms with E-state index in [1.54, 1.807) is 0 Å². The molecule has 1 aliphatic carbocycles. The Morgan fingerprint density at radius 1 is 1.19 bits per heavy atom. The van der Waals surface area contributed by atoms with Crippen LogP contribution in [-0.4, -0.2) is 37.7 Å². The van der Waals surface area contributed by atoms with E-state index in [9.17, 15) is 0 Å². The normalized spacial score (nSPS) is 29.3. The van der Waals surface area contributed by atoms with Crippen LogP contribution in [0.25, 0.3) is 0 Å². The van der Waals surface area contributed by atoms with Crippen LogP contribution in [0.4, 0.5) is 11.5 Å². The first-order valence-electron chi connectivity index (χ1n) is 8.38. The van der Waals surface area contributed by atoms with Crippen molar-refractivity contribution in [3.63, 3.8) is 0 Å². The predicted octanol–water partition coefficient (Wildman–Crippen LogP) is 2.87. The van der Waals surface area contributed by atoms with Gasteiger partial charge in [0.15, 0.2) is 5.82 Å². The maximum absolute atomic E-state index is 4.51. The first kappa shape index (κ1) is 14.6. The van der Waals surface area contributed by atoms with Crippen LogP contribution in [-0.2, 0) is 0 Å². The molecule has 0 spiro atoms. The highest BCUT2D eigenvalue weighted by molar-refractivity contribution is 5.65. The van der Waals surface area contributed by atoms with Gasteiger partial charge in [-0.15, -0.1) is 0 Å². The van der Waals surface area contributed by atoms with Crippen molar-refractivity contribution >= 4 is 11.5 Å². The zero-order valence-electron chi connectivity index (χ0n) is 13.3. The van der Waals surface area contributed by atoms with E-state index in [0.717, 1.165) is 11.7 Å². The van der Waals surface area contributed by atoms with Gasteiger partial charge in [0.25, 0.3) is 0 Å². The van der Waals surface area contributed by atoms with E-state index in [1.807, 2.05) is 12.3 Å². The Morgan fingerprint density at radius 2 is 2.05 bits per heavy atom. The van der Waals surface area contributed by atoms with Crippen molar-refractivity contribution in [1.29, 1.82) is 0 Å². The molecule has 2 heterocycles. The quantitative estimate of drug-likeness (QED) is 0.894. The highest BCUT2D eigenvalue weighted by atomic mass is 15.2. The number of pyridine rings is 1. The van der Waals surface area contributed by atoms with E-state index in [4.69, 9.17) is 0 Å². The van der Waals surface area contributed by atoms with Gasteiger partial charge in [0.05, 0.1) is 5.69 Å². The molecule has 21 heavy (non-hydrogen) atoms. The van der Waals surface area contributed by atoms with Crippen molar-refractivity contribution in [2.75, 3.05) is 30.9 Å². The second kappa shape index (κ2) is 6.65. The number of nitrogens with zero attached hydrogens (tertiary/aromatic N) is 2. The monoisotopic (exact) mass is 288 g/mol. The number of hydrogen-bond acceptors (Lipinski definition) is 4. The topological polar surface area (TPSA) is 40.2 Å². The van der Waals surface area contributed by atoms with Gasteiger partial charge in [-0.2, -0.15) is 0 Å². The van der Waals surface area contributed by atoms with Crippen LogP contribution in [0.15, 0.2) is 18.3 Å². The second-order valence-electron chi connectivity index (χ2n) is 6.67. The summed E-state index contributed by atoms with van der Waals surface area (Å²) >= 11 is 0. The molecule has 4 heteroatoms. The molecule has 1 saturated carbocycles. The van der Waals surface area contributed by atoms with E-state index in [1.165, 1.54) is 50.8 Å². The van der Waals surface area contributed by atoms with E-state index in [-0.39, 0.29) is 0 Å². The first-order valence-corrected chi connectivity index (χ1v) is 8.38. The van der Waals surface area contributed by atoms with Gasteiger partial charge >= 0.3 is 0 Å². The standard InChI is InChI=1S/C17H28N4/c1-21(2)17-16(10-6-12-19-17)20-15-8-4-3-7-13(15)14-9-5-11-18-14/h6,10,12-15,18,20H,3-5,7-9,11H2,1-2H3. The van der Waals surface area contributed by atoms with Gasteiger partial charge in [0, 0.05) is 32.4 Å². The van der Waals surface area contributed by atoms with Crippen LogP contribution in [0.3, 0.4) is 0 Å². The largest absolute Gasteiger partial charge is 0.379 e. The Bertz CT molecular complexity index is 454. The molecule has 0 aromatic carbocycles. The Labute approximate surface area is 128 Å². The molecule has 2 fully saturated rings. The minimum Gasteiger partial charge on any atom is -0.379 e. The highest BCUT2D eigenvalue weighted by Crippen LogP contribution is 2.34. The van der Waals surface area contributed by atoms with Gasteiger partial charge in [0.1, 0.15) is 0 Å². The molecular formula is C17H28N4. The van der Waals surface area contributed by atoms with Crippen molar-refractivity contribution in [2.24, 2.45) is 5.92 Å². The molecule has 0 radical (unpaired) electrons. The molecule has 1 saturated heterocycles. The molecule has 116 valence electrons. The number of anilines is 2. The molecule has 2 N–H and O–H groups in total. The minimum atomic E-state index is 0.581. The number of aromatic nitrogens is 1. The van der Waals surface area contributed by atoms with Crippen molar-refractivity contribution < 1.29 is 0 Å². The summed E-state index contributed by atoms with van der Waals surface area (Å²) in [5.74, 6) is 1.80. The van der Waals surface area contributed by atoms with Gasteiger partial charge in [-0.1, -0.05) is 12.8 Å². The van der Waals surface area contributed by atoms with Crippen LogP contribution in [0.2, 0.25) is 0 Å². The summed E-state index contributed by atoms with van der Waals surface area (Å²) in [5.41, 5.74) is 1.18. The summed E-state index contributed by atoms with van der Waals surface area (Å²) in [7, 11) is 4.12. The number of rotatable bonds is 4. The fourth-order valence-electron chi connectivity index (χ4n) is 3.96. The van der Waals surface area contributed by atoms with Gasteiger partial charge in [-0.05, 0) is 50.3 Å². The third-order valence-corrected chi connectivity index (χ3v) is 4.99. The lowest BCUT2D eigenvalue weighted by molar-refractivity contribution is 0.263. The molecule has 3 rings (SSSR count). The summed E-state index contributed by atoms with van der Waals surface area (Å²) in [4.78, 5) is 6.61. The minimum absolute atomic E-state index is 0.581. The highest BCUT2D eigenvalue weighted by Gasteiger charge is 2.33. The maximum Gasteiger partial charge on any atom is 0.151 e. The lowest BCUT2D eigenvalue weighted by Gasteiger charge is -2.37. The lowest BCUT2D eigenvalue weighted by Crippen LogP contribution is -2.43. The smallest absolute Gasteiger partial charge is 0.151 e. The van der Waals surface area contributed by atoms with E-state index >= 15 is 0 Å². The van der Waals surface area contributed by atoms with Crippen molar-refractivity contribution in [3.05, 3.63) is 18.3 Å². The molecule has 0 bridgehead atoms. The third kappa shape index (κ3) is 3.31. The number of nitrogens with one attached hydrogen (secondary N) is 2. The molecule has 3 atom stereocenters. The Kier molecular flexibility index (Phi) is 4.63. The maximum atomic E-state index is 4.51. The molecular weight excluding hydrogens is 260 g/mol. The van der Waals surface area contributed by atoms with Crippen molar-refractivity contribution in [1.82, 2.24) is 10.3 Å². The van der Waals surface area contributed by atoms with Crippen molar-refractivity contribution in [2.45, 2.75) is 50.6 Å². The average Bonchev–Trinajstić information content (AvgIpc) is 3.02. The van der Waals surface area contributed by atoms with Gasteiger partial charge in [-0.3, -0.25) is 0 Å². The van der Waals surface area contributed by atoms with Crippen LogP contribution < -0.4 is 15.5 Å². The summed E-state index contributed by atoms with van der Waals surface area (Å²) in [6.45, 7) is 1.20. The molecule has 3 unspecified atom stereocenters. The Hall–Kier alpha value is -1.29. The summed E-state index contributed by atoms with van der Waals surface area (Å²) in [6, 6.07) is 5.48. The zero-order chi connectivity index (χ0) is 14.7. The van der Waals surface area contributed by atoms with Gasteiger partial charge in [-0.25, -0.2) is 4.98 Å².